The van der Waals surface area contributed by atoms with E-state index in [4.69, 9.17) is 4.99 Å². The minimum Gasteiger partial charge on any atom is -0.357 e. The Morgan fingerprint density at radius 1 is 1.25 bits per heavy atom. The van der Waals surface area contributed by atoms with Crippen LogP contribution in [0.15, 0.2) is 41.5 Å². The van der Waals surface area contributed by atoms with Crippen LogP contribution >= 0.6 is 0 Å². The molecule has 24 heavy (non-hydrogen) atoms. The molecule has 2 heterocycles. The predicted octanol–water partition coefficient (Wildman–Crippen LogP) is 3.58. The number of fused-ring (bicyclic) bond motifs is 1. The first-order valence-corrected chi connectivity index (χ1v) is 9.16. The van der Waals surface area contributed by atoms with Crippen LogP contribution in [0, 0.1) is 5.41 Å². The minimum atomic E-state index is 0.594. The first-order valence-electron chi connectivity index (χ1n) is 9.16. The molecule has 1 saturated carbocycles. The van der Waals surface area contributed by atoms with E-state index in [0.29, 0.717) is 12.0 Å². The SMILES string of the molecule is CCNC(=NCc1cccc2cccnc12)N1CCC2(CCC2)C1. The highest BCUT2D eigenvalue weighted by atomic mass is 15.3. The average molecular weight is 322 g/mol. The van der Waals surface area contributed by atoms with Gasteiger partial charge in [-0.1, -0.05) is 30.7 Å². The van der Waals surface area contributed by atoms with E-state index >= 15 is 0 Å². The third kappa shape index (κ3) is 2.85. The predicted molar refractivity (Wildman–Crippen MR) is 99.0 cm³/mol. The van der Waals surface area contributed by atoms with E-state index in [9.17, 15) is 0 Å². The first-order chi connectivity index (χ1) is 11.8. The van der Waals surface area contributed by atoms with Gasteiger partial charge in [0.05, 0.1) is 12.1 Å². The molecule has 1 aromatic carbocycles. The zero-order chi connectivity index (χ0) is 16.4. The third-order valence-corrected chi connectivity index (χ3v) is 5.60. The highest BCUT2D eigenvalue weighted by molar-refractivity contribution is 5.83. The number of aliphatic imine (C=N–C) groups is 1. The van der Waals surface area contributed by atoms with Crippen molar-refractivity contribution in [2.24, 2.45) is 10.4 Å². The lowest BCUT2D eigenvalue weighted by Gasteiger charge is -2.38. The molecule has 1 aliphatic carbocycles. The van der Waals surface area contributed by atoms with E-state index in [1.54, 1.807) is 0 Å². The Bertz CT molecular complexity index is 743. The van der Waals surface area contributed by atoms with Crippen LogP contribution in [0.2, 0.25) is 0 Å². The minimum absolute atomic E-state index is 0.594. The Morgan fingerprint density at radius 2 is 2.12 bits per heavy atom. The lowest BCUT2D eigenvalue weighted by molar-refractivity contribution is 0.151. The van der Waals surface area contributed by atoms with Crippen molar-refractivity contribution >= 4 is 16.9 Å². The summed E-state index contributed by atoms with van der Waals surface area (Å²) in [6, 6.07) is 10.5. The summed E-state index contributed by atoms with van der Waals surface area (Å²) in [5, 5.41) is 4.67. The Morgan fingerprint density at radius 3 is 2.88 bits per heavy atom. The standard InChI is InChI=1S/C20H26N4/c1-2-21-19(24-13-11-20(15-24)9-5-10-20)23-14-17-7-3-6-16-8-4-12-22-18(16)17/h3-4,6-8,12H,2,5,9-11,13-15H2,1H3,(H,21,23). The molecule has 0 radical (unpaired) electrons. The van der Waals surface area contributed by atoms with E-state index in [-0.39, 0.29) is 0 Å². The molecule has 0 unspecified atom stereocenters. The van der Waals surface area contributed by atoms with Gasteiger partial charge in [0, 0.05) is 31.2 Å². The van der Waals surface area contributed by atoms with Crippen LogP contribution in [0.5, 0.6) is 0 Å². The maximum absolute atomic E-state index is 4.93. The van der Waals surface area contributed by atoms with Gasteiger partial charge < -0.3 is 10.2 Å². The highest BCUT2D eigenvalue weighted by Gasteiger charge is 2.43. The van der Waals surface area contributed by atoms with E-state index in [0.717, 1.165) is 24.6 Å². The van der Waals surface area contributed by atoms with Gasteiger partial charge >= 0.3 is 0 Å². The molecule has 4 heteroatoms. The van der Waals surface area contributed by atoms with Crippen LogP contribution in [0.1, 0.15) is 38.2 Å². The molecule has 0 amide bonds. The van der Waals surface area contributed by atoms with Gasteiger partial charge in [0.2, 0.25) is 0 Å². The van der Waals surface area contributed by atoms with Crippen LogP contribution in [-0.4, -0.2) is 35.5 Å². The number of nitrogens with zero attached hydrogens (tertiary/aromatic N) is 3. The number of hydrogen-bond acceptors (Lipinski definition) is 2. The van der Waals surface area contributed by atoms with Crippen molar-refractivity contribution in [3.05, 3.63) is 42.1 Å². The number of hydrogen-bond donors (Lipinski definition) is 1. The van der Waals surface area contributed by atoms with Crippen molar-refractivity contribution in [2.45, 2.75) is 39.2 Å². The fourth-order valence-corrected chi connectivity index (χ4v) is 4.08. The molecule has 0 atom stereocenters. The lowest BCUT2D eigenvalue weighted by Crippen LogP contribution is -2.42. The van der Waals surface area contributed by atoms with Gasteiger partial charge in [0.1, 0.15) is 0 Å². The Labute approximate surface area is 144 Å². The zero-order valence-corrected chi connectivity index (χ0v) is 14.5. The summed E-state index contributed by atoms with van der Waals surface area (Å²) in [7, 11) is 0. The van der Waals surface area contributed by atoms with E-state index in [1.807, 2.05) is 12.3 Å². The monoisotopic (exact) mass is 322 g/mol. The average Bonchev–Trinajstić information content (AvgIpc) is 3.04. The van der Waals surface area contributed by atoms with Crippen molar-refractivity contribution < 1.29 is 0 Å². The summed E-state index contributed by atoms with van der Waals surface area (Å²) in [5.41, 5.74) is 2.86. The molecule has 0 bridgehead atoms. The molecule has 1 aliphatic heterocycles. The molecule has 1 aromatic heterocycles. The van der Waals surface area contributed by atoms with Crippen molar-refractivity contribution in [3.63, 3.8) is 0 Å². The van der Waals surface area contributed by atoms with Crippen molar-refractivity contribution in [1.82, 2.24) is 15.2 Å². The number of pyridine rings is 1. The number of likely N-dealkylation sites (tertiary alicyclic amines) is 1. The number of rotatable bonds is 3. The molecule has 4 rings (SSSR count). The summed E-state index contributed by atoms with van der Waals surface area (Å²) in [5.74, 6) is 1.06. The number of aromatic nitrogens is 1. The molecule has 4 nitrogen and oxygen atoms in total. The second-order valence-corrected chi connectivity index (χ2v) is 7.19. The first kappa shape index (κ1) is 15.4. The molecular formula is C20H26N4. The maximum atomic E-state index is 4.93. The highest BCUT2D eigenvalue weighted by Crippen LogP contribution is 2.47. The van der Waals surface area contributed by atoms with Gasteiger partial charge in [-0.2, -0.15) is 0 Å². The summed E-state index contributed by atoms with van der Waals surface area (Å²) in [6.45, 7) is 6.05. The molecule has 1 spiro atoms. The fourth-order valence-electron chi connectivity index (χ4n) is 4.08. The number of benzene rings is 1. The molecule has 126 valence electrons. The van der Waals surface area contributed by atoms with Crippen LogP contribution in [0.3, 0.4) is 0 Å². The third-order valence-electron chi connectivity index (χ3n) is 5.60. The normalized spacial score (nSPS) is 19.7. The maximum Gasteiger partial charge on any atom is 0.194 e. The van der Waals surface area contributed by atoms with Crippen LogP contribution in [-0.2, 0) is 6.54 Å². The van der Waals surface area contributed by atoms with Gasteiger partial charge in [-0.25, -0.2) is 4.99 Å². The van der Waals surface area contributed by atoms with Crippen molar-refractivity contribution in [3.8, 4) is 0 Å². The molecule has 1 N–H and O–H groups in total. The number of para-hydroxylation sites is 1. The number of guanidine groups is 1. The van der Waals surface area contributed by atoms with E-state index < -0.39 is 0 Å². The summed E-state index contributed by atoms with van der Waals surface area (Å²) >= 11 is 0. The second-order valence-electron chi connectivity index (χ2n) is 7.19. The second kappa shape index (κ2) is 6.42. The Kier molecular flexibility index (Phi) is 4.13. The van der Waals surface area contributed by atoms with E-state index in [2.05, 4.69) is 46.4 Å². The topological polar surface area (TPSA) is 40.5 Å². The van der Waals surface area contributed by atoms with Crippen LogP contribution < -0.4 is 5.32 Å². The summed E-state index contributed by atoms with van der Waals surface area (Å²) < 4.78 is 0. The molecule has 2 fully saturated rings. The van der Waals surface area contributed by atoms with Crippen molar-refractivity contribution in [1.29, 1.82) is 0 Å². The zero-order valence-electron chi connectivity index (χ0n) is 14.5. The summed E-state index contributed by atoms with van der Waals surface area (Å²) in [6.07, 6.45) is 7.39. The van der Waals surface area contributed by atoms with Gasteiger partial charge in [0.25, 0.3) is 0 Å². The summed E-state index contributed by atoms with van der Waals surface area (Å²) in [4.78, 5) is 11.9. The van der Waals surface area contributed by atoms with E-state index in [1.165, 1.54) is 43.2 Å². The van der Waals surface area contributed by atoms with Gasteiger partial charge in [-0.05, 0) is 43.2 Å². The van der Waals surface area contributed by atoms with Gasteiger partial charge in [-0.3, -0.25) is 4.98 Å². The fraction of sp³-hybridized carbons (Fsp3) is 0.500. The van der Waals surface area contributed by atoms with Gasteiger partial charge in [0.15, 0.2) is 5.96 Å². The smallest absolute Gasteiger partial charge is 0.194 e. The Hall–Kier alpha value is -2.10. The van der Waals surface area contributed by atoms with Gasteiger partial charge in [-0.15, -0.1) is 0 Å². The molecular weight excluding hydrogens is 296 g/mol. The largest absolute Gasteiger partial charge is 0.357 e. The lowest BCUT2D eigenvalue weighted by atomic mass is 9.68. The molecule has 2 aromatic rings. The quantitative estimate of drug-likeness (QED) is 0.693. The number of nitrogens with one attached hydrogen (secondary N) is 1. The molecule has 1 saturated heterocycles. The van der Waals surface area contributed by atoms with Crippen molar-refractivity contribution in [2.75, 3.05) is 19.6 Å². The molecule has 2 aliphatic rings. The Balaban J connectivity index is 1.55. The van der Waals surface area contributed by atoms with Crippen LogP contribution in [0.25, 0.3) is 10.9 Å². The van der Waals surface area contributed by atoms with Crippen LogP contribution in [0.4, 0.5) is 0 Å².